The van der Waals surface area contributed by atoms with Crippen LogP contribution in [0, 0.1) is 25.7 Å². The molecule has 0 aliphatic carbocycles. The van der Waals surface area contributed by atoms with Gasteiger partial charge < -0.3 is 14.2 Å². The van der Waals surface area contributed by atoms with Crippen molar-refractivity contribution in [3.05, 3.63) is 11.5 Å². The van der Waals surface area contributed by atoms with Gasteiger partial charge in [0, 0.05) is 32.6 Å². The monoisotopic (exact) mass is 399 g/mol. The second kappa shape index (κ2) is 8.28. The molecule has 9 heteroatoms. The zero-order valence-corrected chi connectivity index (χ0v) is 17.1. The van der Waals surface area contributed by atoms with E-state index in [1.807, 2.05) is 4.90 Å². The number of piperidine rings is 1. The van der Waals surface area contributed by atoms with Gasteiger partial charge in [-0.3, -0.25) is 4.79 Å². The van der Waals surface area contributed by atoms with E-state index in [4.69, 9.17) is 9.26 Å². The van der Waals surface area contributed by atoms with E-state index in [9.17, 15) is 13.2 Å². The number of ether oxygens (including phenoxy) is 1. The lowest BCUT2D eigenvalue weighted by Crippen LogP contribution is -2.46. The third kappa shape index (κ3) is 4.20. The molecule has 1 aromatic rings. The van der Waals surface area contributed by atoms with Gasteiger partial charge in [0.25, 0.3) is 0 Å². The fourth-order valence-corrected chi connectivity index (χ4v) is 5.94. The summed E-state index contributed by atoms with van der Waals surface area (Å²) < 4.78 is 38.0. The molecule has 8 nitrogen and oxygen atoms in total. The van der Waals surface area contributed by atoms with Crippen LogP contribution in [0.3, 0.4) is 0 Å². The van der Waals surface area contributed by atoms with E-state index in [-0.39, 0.29) is 22.6 Å². The Morgan fingerprint density at radius 1 is 1.19 bits per heavy atom. The molecule has 3 rings (SSSR count). The van der Waals surface area contributed by atoms with E-state index in [2.05, 4.69) is 12.1 Å². The molecule has 0 saturated carbocycles. The minimum atomic E-state index is -3.63. The van der Waals surface area contributed by atoms with Gasteiger partial charge in [-0.05, 0) is 32.1 Å². The van der Waals surface area contributed by atoms with E-state index >= 15 is 0 Å². The molecule has 0 spiro atoms. The standard InChI is InChI=1S/C18H29N3O5S/c1-4-15-12-21(27(23,24)18-13(2)19-26-14(18)3)6-5-16(15)11-17(22)20-7-9-25-10-8-20/h15-16H,4-12H2,1-3H3/t15-,16-/m0/s1. The Labute approximate surface area is 160 Å². The summed E-state index contributed by atoms with van der Waals surface area (Å²) in [6.07, 6.45) is 2.02. The highest BCUT2D eigenvalue weighted by atomic mass is 32.2. The van der Waals surface area contributed by atoms with Gasteiger partial charge in [-0.25, -0.2) is 8.42 Å². The molecule has 152 valence electrons. The maximum absolute atomic E-state index is 13.1. The molecule has 0 bridgehead atoms. The quantitative estimate of drug-likeness (QED) is 0.746. The molecule has 2 fully saturated rings. The number of amides is 1. The number of rotatable bonds is 5. The molecule has 0 radical (unpaired) electrons. The molecule has 1 aromatic heterocycles. The Balaban J connectivity index is 1.68. The van der Waals surface area contributed by atoms with Gasteiger partial charge in [0.2, 0.25) is 15.9 Å². The van der Waals surface area contributed by atoms with Crippen LogP contribution in [0.2, 0.25) is 0 Å². The number of hydrogen-bond acceptors (Lipinski definition) is 6. The van der Waals surface area contributed by atoms with Gasteiger partial charge in [0.1, 0.15) is 10.6 Å². The average molecular weight is 400 g/mol. The lowest BCUT2D eigenvalue weighted by Gasteiger charge is -2.38. The summed E-state index contributed by atoms with van der Waals surface area (Å²) in [6.45, 7) is 8.67. The second-order valence-electron chi connectivity index (χ2n) is 7.43. The highest BCUT2D eigenvalue weighted by Gasteiger charge is 2.38. The highest BCUT2D eigenvalue weighted by molar-refractivity contribution is 7.89. The topological polar surface area (TPSA) is 93.0 Å². The Morgan fingerprint density at radius 3 is 2.48 bits per heavy atom. The van der Waals surface area contributed by atoms with Crippen LogP contribution >= 0.6 is 0 Å². The smallest absolute Gasteiger partial charge is 0.248 e. The summed E-state index contributed by atoms with van der Waals surface area (Å²) in [5.41, 5.74) is 0.394. The van der Waals surface area contributed by atoms with Crippen molar-refractivity contribution in [1.82, 2.24) is 14.4 Å². The number of aryl methyl sites for hydroxylation is 2. The SMILES string of the molecule is CC[C@H]1CN(S(=O)(=O)c2c(C)noc2C)CC[C@H]1CC(=O)N1CCOCC1. The predicted octanol–water partition coefficient (Wildman–Crippen LogP) is 1.58. The number of hydrogen-bond donors (Lipinski definition) is 0. The van der Waals surface area contributed by atoms with Crippen LogP contribution in [0.1, 0.15) is 37.6 Å². The molecule has 0 unspecified atom stereocenters. The fraction of sp³-hybridized carbons (Fsp3) is 0.778. The molecule has 3 heterocycles. The van der Waals surface area contributed by atoms with Crippen molar-refractivity contribution in [1.29, 1.82) is 0 Å². The van der Waals surface area contributed by atoms with Crippen LogP contribution in [0.4, 0.5) is 0 Å². The van der Waals surface area contributed by atoms with Crippen LogP contribution in [-0.4, -0.2) is 68.1 Å². The van der Waals surface area contributed by atoms with Gasteiger partial charge in [0.15, 0.2) is 5.76 Å². The zero-order chi connectivity index (χ0) is 19.6. The zero-order valence-electron chi connectivity index (χ0n) is 16.3. The molecule has 0 N–H and O–H groups in total. The van der Waals surface area contributed by atoms with Crippen molar-refractivity contribution in [2.75, 3.05) is 39.4 Å². The maximum atomic E-state index is 13.1. The first-order chi connectivity index (χ1) is 12.8. The molecule has 2 aliphatic rings. The van der Waals surface area contributed by atoms with Crippen LogP contribution in [0.5, 0.6) is 0 Å². The summed E-state index contributed by atoms with van der Waals surface area (Å²) >= 11 is 0. The van der Waals surface area contributed by atoms with Crippen LogP contribution in [-0.2, 0) is 19.6 Å². The molecule has 2 saturated heterocycles. The van der Waals surface area contributed by atoms with E-state index < -0.39 is 10.0 Å². The number of carbonyl (C=O) groups is 1. The molecular weight excluding hydrogens is 370 g/mol. The average Bonchev–Trinajstić information content (AvgIpc) is 3.01. The maximum Gasteiger partial charge on any atom is 0.248 e. The van der Waals surface area contributed by atoms with Crippen LogP contribution in [0.25, 0.3) is 0 Å². The number of carbonyl (C=O) groups excluding carboxylic acids is 1. The third-order valence-corrected chi connectivity index (χ3v) is 7.86. The number of aromatic nitrogens is 1. The first kappa shape index (κ1) is 20.3. The van der Waals surface area contributed by atoms with Crippen molar-refractivity contribution in [2.45, 2.75) is 44.9 Å². The van der Waals surface area contributed by atoms with Crippen molar-refractivity contribution in [2.24, 2.45) is 11.8 Å². The van der Waals surface area contributed by atoms with Gasteiger partial charge in [-0.15, -0.1) is 0 Å². The third-order valence-electron chi connectivity index (χ3n) is 5.74. The van der Waals surface area contributed by atoms with Gasteiger partial charge in [0.05, 0.1) is 13.2 Å². The van der Waals surface area contributed by atoms with Crippen molar-refractivity contribution >= 4 is 15.9 Å². The summed E-state index contributed by atoms with van der Waals surface area (Å²) in [7, 11) is -3.63. The van der Waals surface area contributed by atoms with Crippen LogP contribution < -0.4 is 0 Å². The van der Waals surface area contributed by atoms with Crippen LogP contribution in [0.15, 0.2) is 9.42 Å². The molecule has 1 amide bonds. The number of morpholine rings is 1. The Morgan fingerprint density at radius 2 is 1.89 bits per heavy atom. The molecule has 27 heavy (non-hydrogen) atoms. The minimum absolute atomic E-state index is 0.156. The normalized spacial score (nSPS) is 24.9. The minimum Gasteiger partial charge on any atom is -0.378 e. The highest BCUT2D eigenvalue weighted by Crippen LogP contribution is 2.33. The summed E-state index contributed by atoms with van der Waals surface area (Å²) in [5, 5.41) is 3.78. The largest absolute Gasteiger partial charge is 0.378 e. The fourth-order valence-electron chi connectivity index (χ4n) is 4.14. The lowest BCUT2D eigenvalue weighted by atomic mass is 9.82. The molecular formula is C18H29N3O5S. The Hall–Kier alpha value is -1.45. The Bertz CT molecular complexity index is 750. The molecule has 2 aliphatic heterocycles. The van der Waals surface area contributed by atoms with Gasteiger partial charge >= 0.3 is 0 Å². The van der Waals surface area contributed by atoms with E-state index in [1.54, 1.807) is 13.8 Å². The second-order valence-corrected chi connectivity index (χ2v) is 9.31. The van der Waals surface area contributed by atoms with Crippen molar-refractivity contribution in [3.63, 3.8) is 0 Å². The van der Waals surface area contributed by atoms with E-state index in [0.717, 1.165) is 6.42 Å². The summed E-state index contributed by atoms with van der Waals surface area (Å²) in [5.74, 6) is 0.856. The van der Waals surface area contributed by atoms with Crippen molar-refractivity contribution in [3.8, 4) is 0 Å². The van der Waals surface area contributed by atoms with Crippen molar-refractivity contribution < 1.29 is 22.5 Å². The van der Waals surface area contributed by atoms with Gasteiger partial charge in [-0.2, -0.15) is 4.31 Å². The number of sulfonamides is 1. The Kier molecular flexibility index (Phi) is 6.22. The number of nitrogens with zero attached hydrogens (tertiary/aromatic N) is 3. The molecule has 2 atom stereocenters. The summed E-state index contributed by atoms with van der Waals surface area (Å²) in [6, 6.07) is 0. The lowest BCUT2D eigenvalue weighted by molar-refractivity contribution is -0.137. The predicted molar refractivity (Wildman–Crippen MR) is 98.6 cm³/mol. The van der Waals surface area contributed by atoms with E-state index in [1.165, 1.54) is 4.31 Å². The summed E-state index contributed by atoms with van der Waals surface area (Å²) in [4.78, 5) is 14.6. The first-order valence-corrected chi connectivity index (χ1v) is 11.1. The molecule has 0 aromatic carbocycles. The van der Waals surface area contributed by atoms with E-state index in [0.29, 0.717) is 63.7 Å². The van der Waals surface area contributed by atoms with Gasteiger partial charge in [-0.1, -0.05) is 18.5 Å². The first-order valence-electron chi connectivity index (χ1n) is 9.63.